The molecular formula is C15H23NO3. The van der Waals surface area contributed by atoms with Gasteiger partial charge < -0.3 is 14.7 Å². The number of nitrogens with zero attached hydrogens (tertiary/aromatic N) is 1. The summed E-state index contributed by atoms with van der Waals surface area (Å²) in [5.41, 5.74) is 2.12. The van der Waals surface area contributed by atoms with E-state index in [9.17, 15) is 9.90 Å². The van der Waals surface area contributed by atoms with Crippen molar-refractivity contribution in [1.82, 2.24) is 4.90 Å². The molecule has 0 amide bonds. The van der Waals surface area contributed by atoms with Crippen molar-refractivity contribution in [2.24, 2.45) is 0 Å². The van der Waals surface area contributed by atoms with Crippen molar-refractivity contribution in [3.05, 3.63) is 35.4 Å². The fraction of sp³-hybridized carbons (Fsp3) is 0.533. The number of carbonyl (C=O) groups is 1. The van der Waals surface area contributed by atoms with E-state index in [-0.39, 0.29) is 5.97 Å². The molecular weight excluding hydrogens is 242 g/mol. The second-order valence-corrected chi connectivity index (χ2v) is 4.84. The van der Waals surface area contributed by atoms with Crippen LogP contribution in [0.1, 0.15) is 30.1 Å². The molecule has 1 atom stereocenters. The topological polar surface area (TPSA) is 49.8 Å². The van der Waals surface area contributed by atoms with Crippen LogP contribution >= 0.6 is 0 Å². The highest BCUT2D eigenvalue weighted by atomic mass is 16.5. The SMILES string of the molecule is COC(=O)CCN(C)CCC(O)c1ccc(C)cc1. The molecule has 0 aliphatic rings. The van der Waals surface area contributed by atoms with Crippen LogP contribution in [0.3, 0.4) is 0 Å². The summed E-state index contributed by atoms with van der Waals surface area (Å²) >= 11 is 0. The molecule has 0 saturated heterocycles. The lowest BCUT2D eigenvalue weighted by atomic mass is 10.0. The molecule has 0 aliphatic carbocycles. The second kappa shape index (κ2) is 7.92. The Morgan fingerprint density at radius 2 is 1.95 bits per heavy atom. The van der Waals surface area contributed by atoms with Crippen molar-refractivity contribution in [2.75, 3.05) is 27.2 Å². The molecule has 1 N–H and O–H groups in total. The number of aliphatic hydroxyl groups excluding tert-OH is 1. The number of rotatable bonds is 7. The number of methoxy groups -OCH3 is 1. The molecule has 19 heavy (non-hydrogen) atoms. The lowest BCUT2D eigenvalue weighted by Gasteiger charge is -2.18. The summed E-state index contributed by atoms with van der Waals surface area (Å²) in [7, 11) is 3.33. The summed E-state index contributed by atoms with van der Waals surface area (Å²) < 4.78 is 4.59. The number of esters is 1. The van der Waals surface area contributed by atoms with Gasteiger partial charge in [0.05, 0.1) is 19.6 Å². The van der Waals surface area contributed by atoms with Gasteiger partial charge in [-0.25, -0.2) is 0 Å². The molecule has 0 fully saturated rings. The Balaban J connectivity index is 2.31. The molecule has 0 radical (unpaired) electrons. The van der Waals surface area contributed by atoms with Gasteiger partial charge in [0.25, 0.3) is 0 Å². The Morgan fingerprint density at radius 3 is 2.53 bits per heavy atom. The lowest BCUT2D eigenvalue weighted by Crippen LogP contribution is -2.24. The molecule has 1 unspecified atom stereocenters. The van der Waals surface area contributed by atoms with Crippen molar-refractivity contribution in [3.8, 4) is 0 Å². The van der Waals surface area contributed by atoms with Gasteiger partial charge in [-0.05, 0) is 26.0 Å². The van der Waals surface area contributed by atoms with E-state index in [0.29, 0.717) is 19.4 Å². The maximum atomic E-state index is 11.0. The fourth-order valence-corrected chi connectivity index (χ4v) is 1.79. The zero-order valence-electron chi connectivity index (χ0n) is 11.9. The molecule has 1 rings (SSSR count). The third kappa shape index (κ3) is 5.85. The highest BCUT2D eigenvalue weighted by molar-refractivity contribution is 5.69. The maximum Gasteiger partial charge on any atom is 0.306 e. The van der Waals surface area contributed by atoms with Crippen molar-refractivity contribution in [2.45, 2.75) is 25.9 Å². The molecule has 0 aromatic heterocycles. The first-order valence-electron chi connectivity index (χ1n) is 6.53. The number of ether oxygens (including phenoxy) is 1. The summed E-state index contributed by atoms with van der Waals surface area (Å²) in [6.07, 6.45) is 0.579. The molecule has 1 aromatic carbocycles. The molecule has 0 aliphatic heterocycles. The van der Waals surface area contributed by atoms with E-state index in [2.05, 4.69) is 4.74 Å². The van der Waals surface area contributed by atoms with Gasteiger partial charge in [0.15, 0.2) is 0 Å². The maximum absolute atomic E-state index is 11.0. The highest BCUT2D eigenvalue weighted by Gasteiger charge is 2.10. The van der Waals surface area contributed by atoms with Crippen LogP contribution in [0, 0.1) is 6.92 Å². The van der Waals surface area contributed by atoms with Crippen molar-refractivity contribution in [1.29, 1.82) is 0 Å². The molecule has 0 bridgehead atoms. The monoisotopic (exact) mass is 265 g/mol. The van der Waals surface area contributed by atoms with Crippen LogP contribution in [0.15, 0.2) is 24.3 Å². The van der Waals surface area contributed by atoms with Crippen LogP contribution in [-0.4, -0.2) is 43.2 Å². The van der Waals surface area contributed by atoms with Gasteiger partial charge >= 0.3 is 5.97 Å². The van der Waals surface area contributed by atoms with Crippen LogP contribution in [0.2, 0.25) is 0 Å². The van der Waals surface area contributed by atoms with E-state index in [1.54, 1.807) is 0 Å². The van der Waals surface area contributed by atoms with Crippen LogP contribution in [0.5, 0.6) is 0 Å². The minimum absolute atomic E-state index is 0.203. The Kier molecular flexibility index (Phi) is 6.53. The average molecular weight is 265 g/mol. The molecule has 1 aromatic rings. The van der Waals surface area contributed by atoms with Crippen LogP contribution in [0.4, 0.5) is 0 Å². The predicted molar refractivity (Wildman–Crippen MR) is 74.9 cm³/mol. The Bertz CT molecular complexity index is 389. The third-order valence-electron chi connectivity index (χ3n) is 3.17. The fourth-order valence-electron chi connectivity index (χ4n) is 1.79. The van der Waals surface area contributed by atoms with Crippen LogP contribution < -0.4 is 0 Å². The van der Waals surface area contributed by atoms with E-state index in [0.717, 1.165) is 12.1 Å². The average Bonchev–Trinajstić information content (AvgIpc) is 2.42. The Hall–Kier alpha value is -1.39. The van der Waals surface area contributed by atoms with Gasteiger partial charge in [-0.15, -0.1) is 0 Å². The first-order valence-corrected chi connectivity index (χ1v) is 6.53. The smallest absolute Gasteiger partial charge is 0.306 e. The molecule has 106 valence electrons. The minimum atomic E-state index is -0.457. The van der Waals surface area contributed by atoms with Crippen molar-refractivity contribution in [3.63, 3.8) is 0 Å². The minimum Gasteiger partial charge on any atom is -0.469 e. The van der Waals surface area contributed by atoms with E-state index in [1.807, 2.05) is 43.1 Å². The number of benzene rings is 1. The van der Waals surface area contributed by atoms with E-state index in [4.69, 9.17) is 0 Å². The standard InChI is InChI=1S/C15H23NO3/c1-12-4-6-13(7-5-12)14(17)8-10-16(2)11-9-15(18)19-3/h4-7,14,17H,8-11H2,1-3H3. The number of aliphatic hydroxyl groups is 1. The number of hydrogen-bond donors (Lipinski definition) is 1. The highest BCUT2D eigenvalue weighted by Crippen LogP contribution is 2.17. The van der Waals surface area contributed by atoms with E-state index >= 15 is 0 Å². The first kappa shape index (κ1) is 15.7. The van der Waals surface area contributed by atoms with Gasteiger partial charge in [0.1, 0.15) is 0 Å². The van der Waals surface area contributed by atoms with E-state index < -0.39 is 6.10 Å². The van der Waals surface area contributed by atoms with Gasteiger partial charge in [-0.1, -0.05) is 29.8 Å². The first-order chi connectivity index (χ1) is 9.02. The quantitative estimate of drug-likeness (QED) is 0.765. The predicted octanol–water partition coefficient (Wildman–Crippen LogP) is 1.91. The summed E-state index contributed by atoms with van der Waals surface area (Å²) in [5, 5.41) is 10.1. The third-order valence-corrected chi connectivity index (χ3v) is 3.17. The molecule has 0 spiro atoms. The summed E-state index contributed by atoms with van der Waals surface area (Å²) in [5.74, 6) is -0.203. The van der Waals surface area contributed by atoms with Gasteiger partial charge in [0, 0.05) is 13.1 Å². The van der Waals surface area contributed by atoms with Gasteiger partial charge in [-0.3, -0.25) is 4.79 Å². The van der Waals surface area contributed by atoms with Crippen molar-refractivity contribution < 1.29 is 14.6 Å². The molecule has 0 saturated carbocycles. The van der Waals surface area contributed by atoms with Gasteiger partial charge in [-0.2, -0.15) is 0 Å². The lowest BCUT2D eigenvalue weighted by molar-refractivity contribution is -0.140. The summed E-state index contributed by atoms with van der Waals surface area (Å²) in [6, 6.07) is 7.90. The Labute approximate surface area is 115 Å². The molecule has 4 heteroatoms. The summed E-state index contributed by atoms with van der Waals surface area (Å²) in [4.78, 5) is 13.0. The normalized spacial score (nSPS) is 12.5. The van der Waals surface area contributed by atoms with Crippen LogP contribution in [-0.2, 0) is 9.53 Å². The number of aryl methyl sites for hydroxylation is 1. The largest absolute Gasteiger partial charge is 0.469 e. The number of hydrogen-bond acceptors (Lipinski definition) is 4. The molecule has 4 nitrogen and oxygen atoms in total. The van der Waals surface area contributed by atoms with Crippen molar-refractivity contribution >= 4 is 5.97 Å². The summed E-state index contributed by atoms with van der Waals surface area (Å²) in [6.45, 7) is 3.41. The van der Waals surface area contributed by atoms with Crippen LogP contribution in [0.25, 0.3) is 0 Å². The zero-order chi connectivity index (χ0) is 14.3. The number of carbonyl (C=O) groups excluding carboxylic acids is 1. The zero-order valence-corrected chi connectivity index (χ0v) is 11.9. The van der Waals surface area contributed by atoms with Gasteiger partial charge in [0.2, 0.25) is 0 Å². The second-order valence-electron chi connectivity index (χ2n) is 4.84. The molecule has 0 heterocycles. The Morgan fingerprint density at radius 1 is 1.32 bits per heavy atom. The van der Waals surface area contributed by atoms with E-state index in [1.165, 1.54) is 12.7 Å².